The van der Waals surface area contributed by atoms with Gasteiger partial charge in [0.1, 0.15) is 0 Å². The average Bonchev–Trinajstić information content (AvgIpc) is 2.21. The van der Waals surface area contributed by atoms with E-state index in [0.717, 1.165) is 19.1 Å². The van der Waals surface area contributed by atoms with Gasteiger partial charge in [0.05, 0.1) is 12.2 Å². The van der Waals surface area contributed by atoms with Crippen molar-refractivity contribution in [1.29, 1.82) is 0 Å². The Balaban J connectivity index is 1.75. The van der Waals surface area contributed by atoms with E-state index in [0.29, 0.717) is 6.04 Å². The van der Waals surface area contributed by atoms with Gasteiger partial charge in [0.15, 0.2) is 0 Å². The molecule has 0 aromatic heterocycles. The Morgan fingerprint density at radius 2 is 2.08 bits per heavy atom. The van der Waals surface area contributed by atoms with Gasteiger partial charge >= 0.3 is 0 Å². The van der Waals surface area contributed by atoms with Crippen molar-refractivity contribution in [2.45, 2.75) is 38.0 Å². The molecule has 0 aromatic carbocycles. The molecule has 2 aliphatic heterocycles. The van der Waals surface area contributed by atoms with Crippen LogP contribution in [0.2, 0.25) is 0 Å². The summed E-state index contributed by atoms with van der Waals surface area (Å²) >= 11 is 2.03. The number of ether oxygens (including phenoxy) is 1. The van der Waals surface area contributed by atoms with Crippen LogP contribution in [0.15, 0.2) is 0 Å². The summed E-state index contributed by atoms with van der Waals surface area (Å²) in [6.07, 6.45) is 1.16. The number of hydrogen-bond donors (Lipinski definition) is 1. The molecule has 2 fully saturated rings. The minimum atomic E-state index is 0.106. The normalized spacial score (nSPS) is 35.0. The number of hydrogen-bond acceptors (Lipinski definition) is 3. The third kappa shape index (κ3) is 1.95. The Bertz CT molecular complexity index is 168. The van der Waals surface area contributed by atoms with Crippen LogP contribution in [0.5, 0.6) is 0 Å². The van der Waals surface area contributed by atoms with Crippen molar-refractivity contribution < 1.29 is 4.74 Å². The minimum absolute atomic E-state index is 0.106. The fourth-order valence-electron chi connectivity index (χ4n) is 1.81. The van der Waals surface area contributed by atoms with Crippen LogP contribution >= 0.6 is 11.8 Å². The first-order valence-electron chi connectivity index (χ1n) is 4.63. The molecule has 0 amide bonds. The van der Waals surface area contributed by atoms with Gasteiger partial charge in [0.2, 0.25) is 0 Å². The second-order valence-corrected chi connectivity index (χ2v) is 5.45. The molecule has 0 aromatic rings. The summed E-state index contributed by atoms with van der Waals surface area (Å²) in [5.74, 6) is 2.58. The summed E-state index contributed by atoms with van der Waals surface area (Å²) in [6, 6.07) is 1.36. The molecule has 0 aliphatic carbocycles. The predicted molar refractivity (Wildman–Crippen MR) is 52.7 cm³/mol. The van der Waals surface area contributed by atoms with Crippen molar-refractivity contribution in [3.63, 3.8) is 0 Å². The van der Waals surface area contributed by atoms with Crippen LogP contribution in [0.3, 0.4) is 0 Å². The van der Waals surface area contributed by atoms with Crippen LogP contribution in [0.1, 0.15) is 20.3 Å². The van der Waals surface area contributed by atoms with E-state index in [2.05, 4.69) is 19.2 Å². The van der Waals surface area contributed by atoms with E-state index in [1.807, 2.05) is 11.8 Å². The zero-order chi connectivity index (χ0) is 8.60. The maximum Gasteiger partial charge on any atom is 0.0643 e. The molecule has 0 spiro atoms. The lowest BCUT2D eigenvalue weighted by Crippen LogP contribution is -2.46. The topological polar surface area (TPSA) is 21.3 Å². The largest absolute Gasteiger partial charge is 0.374 e. The van der Waals surface area contributed by atoms with Crippen LogP contribution in [0.4, 0.5) is 0 Å². The van der Waals surface area contributed by atoms with Crippen molar-refractivity contribution in [2.24, 2.45) is 0 Å². The molecule has 3 heteroatoms. The van der Waals surface area contributed by atoms with Crippen LogP contribution in [0.25, 0.3) is 0 Å². The number of rotatable bonds is 2. The fraction of sp³-hybridized carbons (Fsp3) is 1.00. The Kier molecular flexibility index (Phi) is 2.36. The van der Waals surface area contributed by atoms with Crippen molar-refractivity contribution >= 4 is 11.8 Å². The van der Waals surface area contributed by atoms with Crippen LogP contribution in [-0.2, 0) is 4.74 Å². The highest BCUT2D eigenvalue weighted by Crippen LogP contribution is 2.26. The second-order valence-electron chi connectivity index (χ2n) is 4.37. The maximum atomic E-state index is 5.65. The molecule has 12 heavy (non-hydrogen) atoms. The summed E-state index contributed by atoms with van der Waals surface area (Å²) in [4.78, 5) is 0. The van der Waals surface area contributed by atoms with E-state index in [1.165, 1.54) is 11.5 Å². The molecular formula is C9H17NOS. The molecule has 0 radical (unpaired) electrons. The zero-order valence-corrected chi connectivity index (χ0v) is 8.62. The average molecular weight is 187 g/mol. The van der Waals surface area contributed by atoms with Gasteiger partial charge in [-0.3, -0.25) is 0 Å². The third-order valence-electron chi connectivity index (χ3n) is 2.52. The van der Waals surface area contributed by atoms with E-state index in [4.69, 9.17) is 4.74 Å². The van der Waals surface area contributed by atoms with Gasteiger partial charge in [-0.05, 0) is 20.3 Å². The summed E-state index contributed by atoms with van der Waals surface area (Å²) in [5, 5.41) is 3.63. The molecule has 1 atom stereocenters. The van der Waals surface area contributed by atoms with E-state index < -0.39 is 0 Å². The fourth-order valence-corrected chi connectivity index (χ4v) is 2.47. The van der Waals surface area contributed by atoms with Gasteiger partial charge in [-0.15, -0.1) is 0 Å². The van der Waals surface area contributed by atoms with Gasteiger partial charge < -0.3 is 10.1 Å². The number of nitrogens with one attached hydrogen (secondary N) is 1. The van der Waals surface area contributed by atoms with Gasteiger partial charge in [0, 0.05) is 23.6 Å². The maximum absolute atomic E-state index is 5.65. The van der Waals surface area contributed by atoms with Crippen molar-refractivity contribution in [2.75, 3.05) is 18.1 Å². The third-order valence-corrected chi connectivity index (χ3v) is 3.80. The van der Waals surface area contributed by atoms with Gasteiger partial charge in [-0.25, -0.2) is 0 Å². The molecule has 1 unspecified atom stereocenters. The highest BCUT2D eigenvalue weighted by atomic mass is 32.2. The molecule has 0 bridgehead atoms. The molecule has 70 valence electrons. The Labute approximate surface area is 78.4 Å². The Hall–Kier alpha value is 0.270. The van der Waals surface area contributed by atoms with Crippen molar-refractivity contribution in [3.05, 3.63) is 0 Å². The van der Waals surface area contributed by atoms with Crippen molar-refractivity contribution in [3.8, 4) is 0 Å². The SMILES string of the molecule is CC1(C)CC(NC2CSC2)CO1. The Morgan fingerprint density at radius 3 is 2.50 bits per heavy atom. The molecule has 2 heterocycles. The first kappa shape index (κ1) is 8.85. The lowest BCUT2D eigenvalue weighted by atomic mass is 10.0. The smallest absolute Gasteiger partial charge is 0.0643 e. The van der Waals surface area contributed by atoms with Gasteiger partial charge in [-0.2, -0.15) is 11.8 Å². The second kappa shape index (κ2) is 3.20. The molecule has 2 nitrogen and oxygen atoms in total. The monoisotopic (exact) mass is 187 g/mol. The molecule has 0 saturated carbocycles. The highest BCUT2D eigenvalue weighted by molar-refractivity contribution is 8.00. The summed E-state index contributed by atoms with van der Waals surface area (Å²) in [7, 11) is 0. The number of thioether (sulfide) groups is 1. The van der Waals surface area contributed by atoms with Crippen LogP contribution in [0, 0.1) is 0 Å². The molecule has 2 aliphatic rings. The molecular weight excluding hydrogens is 170 g/mol. The first-order valence-corrected chi connectivity index (χ1v) is 5.79. The lowest BCUT2D eigenvalue weighted by molar-refractivity contribution is 0.0356. The summed E-state index contributed by atoms with van der Waals surface area (Å²) in [6.45, 7) is 5.24. The predicted octanol–water partition coefficient (Wildman–Crippen LogP) is 1.26. The first-order chi connectivity index (χ1) is 5.66. The Morgan fingerprint density at radius 1 is 1.33 bits per heavy atom. The molecule has 2 saturated heterocycles. The van der Waals surface area contributed by atoms with Gasteiger partial charge in [0.25, 0.3) is 0 Å². The van der Waals surface area contributed by atoms with E-state index >= 15 is 0 Å². The standard InChI is InChI=1S/C9H17NOS/c1-9(2)3-7(4-11-9)10-8-5-12-6-8/h7-8,10H,3-6H2,1-2H3. The molecule has 2 rings (SSSR count). The lowest BCUT2D eigenvalue weighted by Gasteiger charge is -2.29. The van der Waals surface area contributed by atoms with Crippen LogP contribution in [-0.4, -0.2) is 35.8 Å². The summed E-state index contributed by atoms with van der Waals surface area (Å²) < 4.78 is 5.65. The highest BCUT2D eigenvalue weighted by Gasteiger charge is 2.33. The van der Waals surface area contributed by atoms with Crippen molar-refractivity contribution in [1.82, 2.24) is 5.32 Å². The van der Waals surface area contributed by atoms with E-state index in [9.17, 15) is 0 Å². The minimum Gasteiger partial charge on any atom is -0.374 e. The molecule has 1 N–H and O–H groups in total. The zero-order valence-electron chi connectivity index (χ0n) is 7.80. The quantitative estimate of drug-likeness (QED) is 0.703. The van der Waals surface area contributed by atoms with Crippen LogP contribution < -0.4 is 5.32 Å². The summed E-state index contributed by atoms with van der Waals surface area (Å²) in [5.41, 5.74) is 0.106. The van der Waals surface area contributed by atoms with E-state index in [1.54, 1.807) is 0 Å². The van der Waals surface area contributed by atoms with Gasteiger partial charge in [-0.1, -0.05) is 0 Å². The van der Waals surface area contributed by atoms with E-state index in [-0.39, 0.29) is 5.60 Å².